The van der Waals surface area contributed by atoms with Gasteiger partial charge in [0, 0.05) is 6.07 Å². The van der Waals surface area contributed by atoms with Crippen LogP contribution in [0.5, 0.6) is 11.1 Å². The van der Waals surface area contributed by atoms with Gasteiger partial charge in [-0.3, -0.25) is 0 Å². The summed E-state index contributed by atoms with van der Waals surface area (Å²) in [5, 5.41) is 0.0494. The molecule has 4 nitrogen and oxygen atoms in total. The summed E-state index contributed by atoms with van der Waals surface area (Å²) in [6.45, 7) is -0.295. The monoisotopic (exact) mass is 318 g/mol. The maximum Gasteiger partial charge on any atom is 0.276 e. The van der Waals surface area contributed by atoms with Crippen LogP contribution in [0.3, 0.4) is 0 Å². The average molecular weight is 318 g/mol. The van der Waals surface area contributed by atoms with Crippen LogP contribution in [-0.4, -0.2) is 29.6 Å². The number of rotatable bonds is 6. The predicted octanol–water partition coefficient (Wildman–Crippen LogP) is 3.65. The molecule has 3 rings (SSSR count). The number of thiazole rings is 1. The van der Waals surface area contributed by atoms with Crippen molar-refractivity contribution in [2.75, 3.05) is 13.2 Å². The highest BCUT2D eigenvalue weighted by molar-refractivity contribution is 7.19. The molecule has 0 bridgehead atoms. The van der Waals surface area contributed by atoms with Crippen molar-refractivity contribution in [3.63, 3.8) is 0 Å². The zero-order chi connectivity index (χ0) is 14.8. The van der Waals surface area contributed by atoms with Crippen molar-refractivity contribution in [2.45, 2.75) is 25.7 Å². The summed E-state index contributed by atoms with van der Waals surface area (Å²) in [4.78, 5) is 8.37. The Morgan fingerprint density at radius 1 is 1.29 bits per heavy atom. The fourth-order valence-electron chi connectivity index (χ4n) is 1.96. The van der Waals surface area contributed by atoms with Crippen molar-refractivity contribution >= 4 is 21.7 Å². The van der Waals surface area contributed by atoms with Gasteiger partial charge in [0.25, 0.3) is 17.5 Å². The first kappa shape index (κ1) is 14.4. The first-order valence-corrected chi connectivity index (χ1v) is 7.44. The van der Waals surface area contributed by atoms with Crippen molar-refractivity contribution in [2.24, 2.45) is 5.92 Å². The molecule has 0 aliphatic heterocycles. The van der Waals surface area contributed by atoms with Crippen molar-refractivity contribution in [3.05, 3.63) is 11.9 Å². The molecule has 0 amide bonds. The smallest absolute Gasteiger partial charge is 0.276 e. The molecule has 2 aromatic heterocycles. The number of pyridine rings is 1. The third-order valence-corrected chi connectivity index (χ3v) is 4.18. The summed E-state index contributed by atoms with van der Waals surface area (Å²) < 4.78 is 48.2. The molecule has 1 aliphatic rings. The highest BCUT2D eigenvalue weighted by Gasteiger charge is 2.20. The minimum absolute atomic E-state index is 0.0494. The van der Waals surface area contributed by atoms with Crippen LogP contribution < -0.4 is 9.47 Å². The van der Waals surface area contributed by atoms with Gasteiger partial charge in [-0.05, 0) is 18.8 Å². The summed E-state index contributed by atoms with van der Waals surface area (Å²) >= 11 is 0.992. The maximum atomic E-state index is 13.8. The lowest BCUT2D eigenvalue weighted by atomic mass is 9.86. The van der Waals surface area contributed by atoms with E-state index >= 15 is 0 Å². The van der Waals surface area contributed by atoms with Gasteiger partial charge in [0.1, 0.15) is 5.52 Å². The fourth-order valence-corrected chi connectivity index (χ4v) is 2.73. The first-order chi connectivity index (χ1) is 10.1. The lowest BCUT2D eigenvalue weighted by Crippen LogP contribution is -2.19. The Bertz CT molecular complexity index is 631. The molecule has 0 radical (unpaired) electrons. The molecule has 1 fully saturated rings. The number of ether oxygens (including phenoxy) is 2. The van der Waals surface area contributed by atoms with E-state index in [1.54, 1.807) is 0 Å². The quantitative estimate of drug-likeness (QED) is 0.815. The standard InChI is InChI=1S/C13H13F3N2O2S/c14-8-4-9-12(21-13(17-9)20-6-10(15)16)18-11(8)19-5-7-2-1-3-7/h4,7,10H,1-3,5-6H2. The molecule has 0 saturated heterocycles. The number of fused-ring (bicyclic) bond motifs is 1. The van der Waals surface area contributed by atoms with E-state index in [0.29, 0.717) is 17.4 Å². The number of alkyl halides is 2. The van der Waals surface area contributed by atoms with Gasteiger partial charge in [-0.15, -0.1) is 0 Å². The van der Waals surface area contributed by atoms with E-state index in [4.69, 9.17) is 9.47 Å². The third-order valence-electron chi connectivity index (χ3n) is 3.30. The van der Waals surface area contributed by atoms with Gasteiger partial charge in [0.2, 0.25) is 0 Å². The van der Waals surface area contributed by atoms with Gasteiger partial charge in [-0.25, -0.2) is 18.2 Å². The fraction of sp³-hybridized carbons (Fsp3) is 0.538. The van der Waals surface area contributed by atoms with Gasteiger partial charge in [0.15, 0.2) is 17.3 Å². The highest BCUT2D eigenvalue weighted by atomic mass is 32.1. The Labute approximate surface area is 122 Å². The van der Waals surface area contributed by atoms with Crippen molar-refractivity contribution in [1.82, 2.24) is 9.97 Å². The Morgan fingerprint density at radius 3 is 2.76 bits per heavy atom. The lowest BCUT2D eigenvalue weighted by molar-refractivity contribution is 0.0818. The van der Waals surface area contributed by atoms with E-state index in [-0.39, 0.29) is 16.6 Å². The van der Waals surface area contributed by atoms with Crippen LogP contribution in [0.1, 0.15) is 19.3 Å². The van der Waals surface area contributed by atoms with E-state index in [0.717, 1.165) is 24.2 Å². The zero-order valence-electron chi connectivity index (χ0n) is 11.0. The van der Waals surface area contributed by atoms with Crippen molar-refractivity contribution in [3.8, 4) is 11.1 Å². The largest absolute Gasteiger partial charge is 0.475 e. The van der Waals surface area contributed by atoms with E-state index in [9.17, 15) is 13.2 Å². The second kappa shape index (κ2) is 6.05. The Kier molecular flexibility index (Phi) is 4.14. The number of aromatic nitrogens is 2. The minimum atomic E-state index is -2.58. The van der Waals surface area contributed by atoms with Gasteiger partial charge in [0.05, 0.1) is 6.61 Å². The number of nitrogens with zero attached hydrogens (tertiary/aromatic N) is 2. The van der Waals surface area contributed by atoms with Gasteiger partial charge in [-0.1, -0.05) is 17.8 Å². The molecule has 2 heterocycles. The first-order valence-electron chi connectivity index (χ1n) is 6.62. The van der Waals surface area contributed by atoms with Crippen molar-refractivity contribution < 1.29 is 22.6 Å². The van der Waals surface area contributed by atoms with Gasteiger partial charge < -0.3 is 9.47 Å². The summed E-state index contributed by atoms with van der Waals surface area (Å²) in [5.41, 5.74) is 0.276. The molecule has 1 saturated carbocycles. The van der Waals surface area contributed by atoms with E-state index in [1.807, 2.05) is 0 Å². The summed E-state index contributed by atoms with van der Waals surface area (Å²) in [6, 6.07) is 1.18. The zero-order valence-corrected chi connectivity index (χ0v) is 11.8. The number of halogens is 3. The molecule has 114 valence electrons. The van der Waals surface area contributed by atoms with Crippen LogP contribution in [0.2, 0.25) is 0 Å². The molecular weight excluding hydrogens is 305 g/mol. The molecule has 2 aromatic rings. The minimum Gasteiger partial charge on any atom is -0.475 e. The Hall–Kier alpha value is -1.57. The molecule has 0 atom stereocenters. The number of hydrogen-bond acceptors (Lipinski definition) is 5. The van der Waals surface area contributed by atoms with E-state index in [2.05, 4.69) is 9.97 Å². The van der Waals surface area contributed by atoms with Crippen LogP contribution in [0.25, 0.3) is 10.3 Å². The summed E-state index contributed by atoms with van der Waals surface area (Å²) in [5.74, 6) is -0.209. The topological polar surface area (TPSA) is 44.2 Å². The normalized spacial score (nSPS) is 15.4. The van der Waals surface area contributed by atoms with E-state index < -0.39 is 18.8 Å². The van der Waals surface area contributed by atoms with Crippen molar-refractivity contribution in [1.29, 1.82) is 0 Å². The molecule has 0 aromatic carbocycles. The van der Waals surface area contributed by atoms with Crippen LogP contribution in [0, 0.1) is 11.7 Å². The molecule has 0 unspecified atom stereocenters. The van der Waals surface area contributed by atoms with E-state index in [1.165, 1.54) is 12.5 Å². The highest BCUT2D eigenvalue weighted by Crippen LogP contribution is 2.31. The Morgan fingerprint density at radius 2 is 2.10 bits per heavy atom. The molecule has 0 N–H and O–H groups in total. The van der Waals surface area contributed by atoms with Crippen LogP contribution in [-0.2, 0) is 0 Å². The van der Waals surface area contributed by atoms with Crippen LogP contribution in [0.15, 0.2) is 6.07 Å². The second-order valence-electron chi connectivity index (χ2n) is 4.89. The lowest BCUT2D eigenvalue weighted by Gasteiger charge is -2.24. The number of hydrogen-bond donors (Lipinski definition) is 0. The van der Waals surface area contributed by atoms with Crippen LogP contribution in [0.4, 0.5) is 13.2 Å². The molecule has 0 spiro atoms. The maximum absolute atomic E-state index is 13.8. The summed E-state index contributed by atoms with van der Waals surface area (Å²) in [6.07, 6.45) is 0.789. The van der Waals surface area contributed by atoms with Gasteiger partial charge >= 0.3 is 0 Å². The van der Waals surface area contributed by atoms with Gasteiger partial charge in [-0.2, -0.15) is 4.98 Å². The summed E-state index contributed by atoms with van der Waals surface area (Å²) in [7, 11) is 0. The predicted molar refractivity (Wildman–Crippen MR) is 71.7 cm³/mol. The van der Waals surface area contributed by atoms with Crippen LogP contribution >= 0.6 is 11.3 Å². The third kappa shape index (κ3) is 3.37. The Balaban J connectivity index is 1.73. The average Bonchev–Trinajstić information content (AvgIpc) is 2.76. The molecule has 1 aliphatic carbocycles. The molecule has 21 heavy (non-hydrogen) atoms. The second-order valence-corrected chi connectivity index (χ2v) is 5.83. The molecule has 8 heteroatoms. The molecular formula is C13H13F3N2O2S. The SMILES string of the molecule is Fc1cc2nc(OCC(F)F)sc2nc1OCC1CCC1.